The van der Waals surface area contributed by atoms with Gasteiger partial charge in [-0.3, -0.25) is 0 Å². The van der Waals surface area contributed by atoms with E-state index >= 15 is 0 Å². The Balaban J connectivity index is 2.16. The van der Waals surface area contributed by atoms with Crippen LogP contribution in [0.3, 0.4) is 0 Å². The van der Waals surface area contributed by atoms with Gasteiger partial charge in [0, 0.05) is 18.3 Å². The highest BCUT2D eigenvalue weighted by molar-refractivity contribution is 9.10. The van der Waals surface area contributed by atoms with E-state index < -0.39 is 0 Å². The number of rotatable bonds is 5. The van der Waals surface area contributed by atoms with E-state index in [1.54, 1.807) is 20.5 Å². The van der Waals surface area contributed by atoms with Crippen LogP contribution in [0.15, 0.2) is 29.0 Å². The summed E-state index contributed by atoms with van der Waals surface area (Å²) >= 11 is 3.48. The average Bonchev–Trinajstić information content (AvgIpc) is 2.44. The van der Waals surface area contributed by atoms with E-state index in [1.807, 2.05) is 25.1 Å². The summed E-state index contributed by atoms with van der Waals surface area (Å²) in [5, 5.41) is 3.25. The molecule has 20 heavy (non-hydrogen) atoms. The van der Waals surface area contributed by atoms with Gasteiger partial charge in [-0.15, -0.1) is 0 Å². The Kier molecular flexibility index (Phi) is 4.79. The van der Waals surface area contributed by atoms with Crippen LogP contribution in [0.4, 0.5) is 5.82 Å². The maximum absolute atomic E-state index is 5.32. The highest BCUT2D eigenvalue weighted by atomic mass is 79.9. The molecule has 0 fully saturated rings. The van der Waals surface area contributed by atoms with Gasteiger partial charge in [-0.25, -0.2) is 9.97 Å². The van der Waals surface area contributed by atoms with Gasteiger partial charge in [0.15, 0.2) is 11.5 Å². The van der Waals surface area contributed by atoms with Gasteiger partial charge < -0.3 is 14.8 Å². The smallest absolute Gasteiger partial charge is 0.174 e. The van der Waals surface area contributed by atoms with Crippen LogP contribution in [0, 0.1) is 6.92 Å². The Labute approximate surface area is 126 Å². The number of nitrogens with zero attached hydrogens (tertiary/aromatic N) is 2. The summed E-state index contributed by atoms with van der Waals surface area (Å²) in [7, 11) is 3.24. The lowest BCUT2D eigenvalue weighted by molar-refractivity contribution is 0.352. The van der Waals surface area contributed by atoms with Crippen LogP contribution in [0.5, 0.6) is 11.5 Å². The quantitative estimate of drug-likeness (QED) is 0.907. The predicted molar refractivity (Wildman–Crippen MR) is 81.3 cm³/mol. The number of benzene rings is 1. The van der Waals surface area contributed by atoms with Gasteiger partial charge in [0.2, 0.25) is 0 Å². The summed E-state index contributed by atoms with van der Waals surface area (Å²) in [4.78, 5) is 8.23. The van der Waals surface area contributed by atoms with Gasteiger partial charge in [0.1, 0.15) is 12.1 Å². The van der Waals surface area contributed by atoms with Gasteiger partial charge in [-0.1, -0.05) is 0 Å². The molecule has 0 spiro atoms. The predicted octanol–water partition coefficient (Wildman–Crippen LogP) is 3.18. The van der Waals surface area contributed by atoms with Gasteiger partial charge in [-0.2, -0.15) is 0 Å². The summed E-state index contributed by atoms with van der Waals surface area (Å²) < 4.78 is 11.5. The van der Waals surface area contributed by atoms with Crippen molar-refractivity contribution in [1.82, 2.24) is 9.97 Å². The lowest BCUT2D eigenvalue weighted by Crippen LogP contribution is -2.03. The number of aromatic nitrogens is 2. The third-order valence-corrected chi connectivity index (χ3v) is 3.36. The molecule has 0 saturated carbocycles. The molecule has 1 heterocycles. The minimum absolute atomic E-state index is 0.634. The Morgan fingerprint density at radius 3 is 2.60 bits per heavy atom. The van der Waals surface area contributed by atoms with Crippen LogP contribution in [0.25, 0.3) is 0 Å². The Hall–Kier alpha value is -1.82. The molecule has 1 aromatic heterocycles. The molecule has 0 bridgehead atoms. The molecular weight excluding hydrogens is 322 g/mol. The number of aryl methyl sites for hydroxylation is 1. The number of anilines is 1. The fourth-order valence-corrected chi connectivity index (χ4v) is 2.47. The molecule has 1 N–H and O–H groups in total. The van der Waals surface area contributed by atoms with Crippen LogP contribution in [-0.4, -0.2) is 24.2 Å². The maximum Gasteiger partial charge on any atom is 0.174 e. The highest BCUT2D eigenvalue weighted by Gasteiger charge is 2.10. The first kappa shape index (κ1) is 14.6. The Morgan fingerprint density at radius 1 is 1.15 bits per heavy atom. The van der Waals surface area contributed by atoms with E-state index in [0.29, 0.717) is 18.0 Å². The van der Waals surface area contributed by atoms with Gasteiger partial charge >= 0.3 is 0 Å². The average molecular weight is 338 g/mol. The molecule has 0 radical (unpaired) electrons. The maximum atomic E-state index is 5.32. The molecule has 0 atom stereocenters. The van der Waals surface area contributed by atoms with Crippen LogP contribution in [0.2, 0.25) is 0 Å². The molecular formula is C14H16BrN3O2. The zero-order valence-electron chi connectivity index (χ0n) is 11.6. The van der Waals surface area contributed by atoms with E-state index in [4.69, 9.17) is 9.47 Å². The second-order valence-electron chi connectivity index (χ2n) is 4.21. The number of methoxy groups -OCH3 is 2. The summed E-state index contributed by atoms with van der Waals surface area (Å²) in [5.41, 5.74) is 1.99. The lowest BCUT2D eigenvalue weighted by atomic mass is 10.2. The zero-order chi connectivity index (χ0) is 14.5. The SMILES string of the molecule is COc1cc(CNc2cc(C)ncn2)cc(Br)c1OC. The molecule has 2 rings (SSSR count). The first-order valence-corrected chi connectivity index (χ1v) is 6.86. The third kappa shape index (κ3) is 3.39. The topological polar surface area (TPSA) is 56.3 Å². The van der Waals surface area contributed by atoms with E-state index in [1.165, 1.54) is 0 Å². The first-order valence-electron chi connectivity index (χ1n) is 6.07. The highest BCUT2D eigenvalue weighted by Crippen LogP contribution is 2.36. The molecule has 1 aromatic carbocycles. The normalized spacial score (nSPS) is 10.2. The van der Waals surface area contributed by atoms with E-state index in [2.05, 4.69) is 31.2 Å². The van der Waals surface area contributed by atoms with Crippen molar-refractivity contribution in [2.45, 2.75) is 13.5 Å². The van der Waals surface area contributed by atoms with Crippen molar-refractivity contribution < 1.29 is 9.47 Å². The number of nitrogens with one attached hydrogen (secondary N) is 1. The molecule has 0 aliphatic heterocycles. The summed E-state index contributed by atoms with van der Waals surface area (Å²) in [6.45, 7) is 2.56. The molecule has 106 valence electrons. The third-order valence-electron chi connectivity index (χ3n) is 2.77. The molecule has 0 amide bonds. The van der Waals surface area contributed by atoms with Crippen LogP contribution < -0.4 is 14.8 Å². The Morgan fingerprint density at radius 2 is 1.95 bits per heavy atom. The summed E-state index contributed by atoms with van der Waals surface area (Å²) in [5.74, 6) is 2.18. The zero-order valence-corrected chi connectivity index (χ0v) is 13.2. The molecule has 0 aliphatic carbocycles. The van der Waals surface area contributed by atoms with E-state index in [-0.39, 0.29) is 0 Å². The van der Waals surface area contributed by atoms with E-state index in [0.717, 1.165) is 21.5 Å². The van der Waals surface area contributed by atoms with Crippen molar-refractivity contribution in [3.8, 4) is 11.5 Å². The second-order valence-corrected chi connectivity index (χ2v) is 5.07. The molecule has 0 unspecified atom stereocenters. The van der Waals surface area contributed by atoms with Crippen LogP contribution in [0.1, 0.15) is 11.3 Å². The van der Waals surface area contributed by atoms with Crippen molar-refractivity contribution in [3.05, 3.63) is 40.3 Å². The van der Waals surface area contributed by atoms with Gasteiger partial charge in [0.25, 0.3) is 0 Å². The number of hydrogen-bond acceptors (Lipinski definition) is 5. The van der Waals surface area contributed by atoms with Crippen molar-refractivity contribution in [2.24, 2.45) is 0 Å². The van der Waals surface area contributed by atoms with E-state index in [9.17, 15) is 0 Å². The van der Waals surface area contributed by atoms with Gasteiger partial charge in [0.05, 0.1) is 18.7 Å². The van der Waals surface area contributed by atoms with Crippen molar-refractivity contribution in [3.63, 3.8) is 0 Å². The van der Waals surface area contributed by atoms with Crippen molar-refractivity contribution >= 4 is 21.7 Å². The minimum atomic E-state index is 0.634. The summed E-state index contributed by atoms with van der Waals surface area (Å²) in [6.07, 6.45) is 1.54. The monoisotopic (exact) mass is 337 g/mol. The summed E-state index contributed by atoms with van der Waals surface area (Å²) in [6, 6.07) is 5.82. The molecule has 0 aliphatic rings. The largest absolute Gasteiger partial charge is 0.493 e. The number of ether oxygens (including phenoxy) is 2. The number of halogens is 1. The Bertz CT molecular complexity index is 605. The minimum Gasteiger partial charge on any atom is -0.493 e. The lowest BCUT2D eigenvalue weighted by Gasteiger charge is -2.12. The molecule has 0 saturated heterocycles. The molecule has 6 heteroatoms. The fourth-order valence-electron chi connectivity index (χ4n) is 1.82. The molecule has 2 aromatic rings. The standard InChI is InChI=1S/C14H16BrN3O2/c1-9-4-13(18-8-17-9)16-7-10-5-11(15)14(20-3)12(6-10)19-2/h4-6,8H,7H2,1-3H3,(H,16,17,18). The number of hydrogen-bond donors (Lipinski definition) is 1. The van der Waals surface area contributed by atoms with Crippen LogP contribution in [-0.2, 0) is 6.54 Å². The van der Waals surface area contributed by atoms with Gasteiger partial charge in [-0.05, 0) is 40.5 Å². The first-order chi connectivity index (χ1) is 9.63. The van der Waals surface area contributed by atoms with Crippen molar-refractivity contribution in [2.75, 3.05) is 19.5 Å². The van der Waals surface area contributed by atoms with Crippen LogP contribution >= 0.6 is 15.9 Å². The second kappa shape index (κ2) is 6.56. The van der Waals surface area contributed by atoms with Crippen molar-refractivity contribution in [1.29, 1.82) is 0 Å². The fraction of sp³-hybridized carbons (Fsp3) is 0.286. The molecule has 5 nitrogen and oxygen atoms in total.